The highest BCUT2D eigenvalue weighted by molar-refractivity contribution is 6.29. The van der Waals surface area contributed by atoms with E-state index in [-0.39, 0.29) is 6.61 Å². The van der Waals surface area contributed by atoms with Gasteiger partial charge in [-0.1, -0.05) is 11.6 Å². The molecule has 0 aliphatic carbocycles. The summed E-state index contributed by atoms with van der Waals surface area (Å²) < 4.78 is 0. The predicted molar refractivity (Wildman–Crippen MR) is 29.5 cm³/mol. The lowest BCUT2D eigenvalue weighted by Crippen LogP contribution is -1.82. The highest BCUT2D eigenvalue weighted by atomic mass is 35.5. The number of imidazole rings is 1. The third kappa shape index (κ3) is 0.993. The lowest BCUT2D eigenvalue weighted by atomic mass is 10.7. The normalized spacial score (nSPS) is 9.75. The summed E-state index contributed by atoms with van der Waals surface area (Å²) in [6.45, 7) is -0.0906. The maximum Gasteiger partial charge on any atom is 0.147 e. The molecule has 1 aromatic rings. The number of hydrogen-bond donors (Lipinski definition) is 2. The number of aromatic amines is 1. The van der Waals surface area contributed by atoms with E-state index < -0.39 is 0 Å². The molecule has 0 saturated carbocycles. The maximum absolute atomic E-state index is 8.40. The zero-order valence-electron chi connectivity index (χ0n) is 4.06. The number of rotatable bonds is 1. The van der Waals surface area contributed by atoms with Gasteiger partial charge in [0.15, 0.2) is 0 Å². The molecule has 0 fully saturated rings. The van der Waals surface area contributed by atoms with E-state index in [9.17, 15) is 0 Å². The van der Waals surface area contributed by atoms with Crippen LogP contribution in [0.4, 0.5) is 0 Å². The van der Waals surface area contributed by atoms with Crippen molar-refractivity contribution in [2.75, 3.05) is 0 Å². The quantitative estimate of drug-likeness (QED) is 0.587. The smallest absolute Gasteiger partial charge is 0.147 e. The Morgan fingerprint density at radius 2 is 2.62 bits per heavy atom. The van der Waals surface area contributed by atoms with E-state index in [0.717, 1.165) is 0 Å². The van der Waals surface area contributed by atoms with Crippen molar-refractivity contribution in [1.29, 1.82) is 0 Å². The number of aliphatic hydroxyl groups is 1. The molecule has 8 heavy (non-hydrogen) atoms. The molecule has 4 heteroatoms. The van der Waals surface area contributed by atoms with E-state index in [1.54, 1.807) is 0 Å². The molecule has 2 N–H and O–H groups in total. The lowest BCUT2D eigenvalue weighted by molar-refractivity contribution is 0.272. The van der Waals surface area contributed by atoms with Crippen molar-refractivity contribution < 1.29 is 5.11 Å². The average Bonchev–Trinajstić information content (AvgIpc) is 2.14. The Bertz CT molecular complexity index is 174. The van der Waals surface area contributed by atoms with Crippen LogP contribution < -0.4 is 0 Å². The molecule has 3 nitrogen and oxygen atoms in total. The van der Waals surface area contributed by atoms with Crippen molar-refractivity contribution >= 4 is 11.6 Å². The van der Waals surface area contributed by atoms with Gasteiger partial charge in [0.05, 0.1) is 0 Å². The topological polar surface area (TPSA) is 48.9 Å². The van der Waals surface area contributed by atoms with E-state index in [1.165, 1.54) is 6.20 Å². The third-order valence-electron chi connectivity index (χ3n) is 0.749. The molecule has 1 aromatic heterocycles. The monoisotopic (exact) mass is 132 g/mol. The Balaban J connectivity index is 2.84. The number of aromatic nitrogens is 2. The molecule has 1 heterocycles. The van der Waals surface area contributed by atoms with E-state index in [1.807, 2.05) is 0 Å². The minimum absolute atomic E-state index is 0.0906. The van der Waals surface area contributed by atoms with Crippen molar-refractivity contribution in [2.24, 2.45) is 0 Å². The Kier molecular flexibility index (Phi) is 1.50. The van der Waals surface area contributed by atoms with Gasteiger partial charge in [0.25, 0.3) is 0 Å². The standard InChI is InChI=1S/C4H5ClN2O/c5-3-1-6-4(2-8)7-3/h1,8H,2H2,(H,6,7). The van der Waals surface area contributed by atoms with Crippen LogP contribution in [0.2, 0.25) is 5.15 Å². The second kappa shape index (κ2) is 2.15. The number of nitrogens with one attached hydrogen (secondary N) is 1. The Hall–Kier alpha value is -0.540. The highest BCUT2D eigenvalue weighted by Crippen LogP contribution is 2.01. The van der Waals surface area contributed by atoms with Crippen LogP contribution in [0, 0.1) is 0 Å². The molecule has 0 radical (unpaired) electrons. The zero-order chi connectivity index (χ0) is 5.98. The maximum atomic E-state index is 8.40. The van der Waals surface area contributed by atoms with Crippen LogP contribution in [0.25, 0.3) is 0 Å². The number of hydrogen-bond acceptors (Lipinski definition) is 2. The summed E-state index contributed by atoms with van der Waals surface area (Å²) in [6, 6.07) is 0. The summed E-state index contributed by atoms with van der Waals surface area (Å²) in [5, 5.41) is 8.78. The van der Waals surface area contributed by atoms with Gasteiger partial charge in [-0.15, -0.1) is 0 Å². The van der Waals surface area contributed by atoms with Gasteiger partial charge in [0.1, 0.15) is 17.6 Å². The molecule has 0 aliphatic heterocycles. The largest absolute Gasteiger partial charge is 0.388 e. The summed E-state index contributed by atoms with van der Waals surface area (Å²) in [5.74, 6) is 0.495. The first kappa shape index (κ1) is 5.59. The number of aliphatic hydroxyl groups excluding tert-OH is 1. The van der Waals surface area contributed by atoms with Crippen LogP contribution in [-0.2, 0) is 6.61 Å². The molecule has 0 unspecified atom stereocenters. The molecular weight excluding hydrogens is 128 g/mol. The van der Waals surface area contributed by atoms with Crippen LogP contribution >= 0.6 is 11.6 Å². The number of H-pyrrole nitrogens is 1. The van der Waals surface area contributed by atoms with Crippen LogP contribution in [0.5, 0.6) is 0 Å². The molecule has 0 amide bonds. The summed E-state index contributed by atoms with van der Waals surface area (Å²) in [5.41, 5.74) is 0. The van der Waals surface area contributed by atoms with Gasteiger partial charge < -0.3 is 10.1 Å². The van der Waals surface area contributed by atoms with Crippen LogP contribution in [0.3, 0.4) is 0 Å². The molecule has 0 atom stereocenters. The summed E-state index contributed by atoms with van der Waals surface area (Å²) in [6.07, 6.45) is 1.52. The van der Waals surface area contributed by atoms with Gasteiger partial charge in [-0.25, -0.2) is 4.98 Å². The number of nitrogens with zero attached hydrogens (tertiary/aromatic N) is 1. The molecule has 1 rings (SSSR count). The first-order chi connectivity index (χ1) is 3.83. The third-order valence-corrected chi connectivity index (χ3v) is 0.943. The van der Waals surface area contributed by atoms with Crippen molar-refractivity contribution in [2.45, 2.75) is 6.61 Å². The van der Waals surface area contributed by atoms with Crippen LogP contribution in [-0.4, -0.2) is 15.1 Å². The van der Waals surface area contributed by atoms with Gasteiger partial charge in [0.2, 0.25) is 0 Å². The van der Waals surface area contributed by atoms with E-state index >= 15 is 0 Å². The average molecular weight is 133 g/mol. The van der Waals surface area contributed by atoms with Crippen molar-refractivity contribution in [3.8, 4) is 0 Å². The molecule has 0 saturated heterocycles. The van der Waals surface area contributed by atoms with E-state index in [4.69, 9.17) is 16.7 Å². The minimum atomic E-state index is -0.0906. The first-order valence-corrected chi connectivity index (χ1v) is 2.51. The SMILES string of the molecule is OCc1nc(Cl)c[nH]1. The summed E-state index contributed by atoms with van der Waals surface area (Å²) in [7, 11) is 0. The first-order valence-electron chi connectivity index (χ1n) is 2.13. The molecule has 0 aliphatic rings. The van der Waals surface area contributed by atoms with E-state index in [2.05, 4.69) is 9.97 Å². The van der Waals surface area contributed by atoms with Gasteiger partial charge in [-0.2, -0.15) is 0 Å². The van der Waals surface area contributed by atoms with Gasteiger partial charge in [-0.3, -0.25) is 0 Å². The van der Waals surface area contributed by atoms with Crippen molar-refractivity contribution in [3.63, 3.8) is 0 Å². The van der Waals surface area contributed by atoms with Crippen molar-refractivity contribution in [3.05, 3.63) is 17.2 Å². The van der Waals surface area contributed by atoms with Gasteiger partial charge >= 0.3 is 0 Å². The van der Waals surface area contributed by atoms with Crippen LogP contribution in [0.15, 0.2) is 6.20 Å². The fourth-order valence-electron chi connectivity index (χ4n) is 0.417. The Morgan fingerprint density at radius 1 is 1.88 bits per heavy atom. The zero-order valence-corrected chi connectivity index (χ0v) is 4.81. The number of halogens is 1. The second-order valence-corrected chi connectivity index (χ2v) is 1.72. The molecule has 0 aromatic carbocycles. The fourth-order valence-corrected chi connectivity index (χ4v) is 0.574. The highest BCUT2D eigenvalue weighted by Gasteiger charge is 1.92. The molecular formula is C4H5ClN2O. The van der Waals surface area contributed by atoms with Gasteiger partial charge in [-0.05, 0) is 0 Å². The fraction of sp³-hybridized carbons (Fsp3) is 0.250. The molecule has 44 valence electrons. The summed E-state index contributed by atoms with van der Waals surface area (Å²) in [4.78, 5) is 6.35. The van der Waals surface area contributed by atoms with Crippen LogP contribution in [0.1, 0.15) is 5.82 Å². The van der Waals surface area contributed by atoms with E-state index in [0.29, 0.717) is 11.0 Å². The van der Waals surface area contributed by atoms with Crippen molar-refractivity contribution in [1.82, 2.24) is 9.97 Å². The Morgan fingerprint density at radius 3 is 2.88 bits per heavy atom. The second-order valence-electron chi connectivity index (χ2n) is 1.33. The Labute approximate surface area is 51.3 Å². The minimum Gasteiger partial charge on any atom is -0.388 e. The molecule has 0 spiro atoms. The summed E-state index contributed by atoms with van der Waals surface area (Å²) >= 11 is 5.39. The molecule has 0 bridgehead atoms. The van der Waals surface area contributed by atoms with Gasteiger partial charge in [0, 0.05) is 6.20 Å². The lowest BCUT2D eigenvalue weighted by Gasteiger charge is -1.79. The predicted octanol–water partition coefficient (Wildman–Crippen LogP) is 0.555.